The molecule has 1 aromatic rings. The Morgan fingerprint density at radius 1 is 1.40 bits per heavy atom. The molecule has 1 saturated heterocycles. The topological polar surface area (TPSA) is 23.5 Å². The highest BCUT2D eigenvalue weighted by molar-refractivity contribution is 5.33. The minimum absolute atomic E-state index is 0.295. The van der Waals surface area contributed by atoms with Gasteiger partial charge >= 0.3 is 0 Å². The van der Waals surface area contributed by atoms with E-state index in [4.69, 9.17) is 0 Å². The highest BCUT2D eigenvalue weighted by Gasteiger charge is 2.43. The molecule has 2 nitrogen and oxygen atoms in total. The van der Waals surface area contributed by atoms with Crippen molar-refractivity contribution >= 4 is 0 Å². The maximum Gasteiger partial charge on any atom is 0.106 e. The predicted octanol–water partition coefficient (Wildman–Crippen LogP) is 1.76. The van der Waals surface area contributed by atoms with E-state index in [1.165, 1.54) is 5.56 Å². The average molecular weight is 205 g/mol. The highest BCUT2D eigenvalue weighted by atomic mass is 16.3. The predicted molar refractivity (Wildman–Crippen MR) is 61.7 cm³/mol. The monoisotopic (exact) mass is 205 g/mol. The SMILES string of the molecule is Cc1ccccc1[C@]1(O)CN(C)C[C@H]1C. The van der Waals surface area contributed by atoms with E-state index >= 15 is 0 Å². The maximum absolute atomic E-state index is 10.7. The van der Waals surface area contributed by atoms with Gasteiger partial charge in [0.05, 0.1) is 0 Å². The van der Waals surface area contributed by atoms with Gasteiger partial charge in [0.2, 0.25) is 0 Å². The number of aryl methyl sites for hydroxylation is 1. The van der Waals surface area contributed by atoms with Crippen LogP contribution in [0.15, 0.2) is 24.3 Å². The van der Waals surface area contributed by atoms with Crippen molar-refractivity contribution in [2.75, 3.05) is 20.1 Å². The Balaban J connectivity index is 2.42. The summed E-state index contributed by atoms with van der Waals surface area (Å²) in [7, 11) is 2.06. The van der Waals surface area contributed by atoms with E-state index in [9.17, 15) is 5.11 Å². The quantitative estimate of drug-likeness (QED) is 0.755. The molecule has 0 bridgehead atoms. The highest BCUT2D eigenvalue weighted by Crippen LogP contribution is 2.37. The molecule has 82 valence electrons. The van der Waals surface area contributed by atoms with Crippen LogP contribution in [-0.2, 0) is 5.60 Å². The fourth-order valence-electron chi connectivity index (χ4n) is 2.66. The molecule has 0 saturated carbocycles. The van der Waals surface area contributed by atoms with Gasteiger partial charge in [-0.25, -0.2) is 0 Å². The molecule has 1 aliphatic rings. The van der Waals surface area contributed by atoms with Crippen molar-refractivity contribution < 1.29 is 5.11 Å². The third-order valence-electron chi connectivity index (χ3n) is 3.52. The number of hydrogen-bond acceptors (Lipinski definition) is 2. The van der Waals surface area contributed by atoms with Gasteiger partial charge in [0, 0.05) is 19.0 Å². The number of nitrogens with zero attached hydrogens (tertiary/aromatic N) is 1. The number of benzene rings is 1. The first-order chi connectivity index (χ1) is 7.04. The fraction of sp³-hybridized carbons (Fsp3) is 0.538. The minimum atomic E-state index is -0.667. The van der Waals surface area contributed by atoms with Gasteiger partial charge in [-0.05, 0) is 25.1 Å². The molecule has 1 N–H and O–H groups in total. The maximum atomic E-state index is 10.7. The lowest BCUT2D eigenvalue weighted by molar-refractivity contribution is 0.0140. The summed E-state index contributed by atoms with van der Waals surface area (Å²) in [6.45, 7) is 5.89. The summed E-state index contributed by atoms with van der Waals surface area (Å²) in [6.07, 6.45) is 0. The number of β-amino-alcohol motifs (C(OH)–C–C–N with tert-alkyl or cyclic N) is 1. The molecule has 0 unspecified atom stereocenters. The zero-order valence-corrected chi connectivity index (χ0v) is 9.70. The molecule has 1 aromatic carbocycles. The van der Waals surface area contributed by atoms with E-state index in [0.717, 1.165) is 18.7 Å². The van der Waals surface area contributed by atoms with Crippen LogP contribution in [0.1, 0.15) is 18.1 Å². The minimum Gasteiger partial charge on any atom is -0.383 e. The van der Waals surface area contributed by atoms with Crippen molar-refractivity contribution in [2.45, 2.75) is 19.4 Å². The molecule has 0 spiro atoms. The number of likely N-dealkylation sites (tertiary alicyclic amines) is 1. The molecule has 2 rings (SSSR count). The second kappa shape index (κ2) is 3.62. The smallest absolute Gasteiger partial charge is 0.106 e. The summed E-state index contributed by atoms with van der Waals surface area (Å²) in [5.74, 6) is 0.295. The van der Waals surface area contributed by atoms with Crippen LogP contribution >= 0.6 is 0 Å². The lowest BCUT2D eigenvalue weighted by Crippen LogP contribution is -2.34. The zero-order valence-electron chi connectivity index (χ0n) is 9.70. The van der Waals surface area contributed by atoms with E-state index in [1.807, 2.05) is 18.2 Å². The van der Waals surface area contributed by atoms with Crippen LogP contribution in [0.2, 0.25) is 0 Å². The van der Waals surface area contributed by atoms with Crippen molar-refractivity contribution in [3.63, 3.8) is 0 Å². The van der Waals surface area contributed by atoms with E-state index in [2.05, 4.69) is 31.9 Å². The molecular formula is C13H19NO. The number of aliphatic hydroxyl groups is 1. The summed E-state index contributed by atoms with van der Waals surface area (Å²) < 4.78 is 0. The molecule has 1 fully saturated rings. The van der Waals surface area contributed by atoms with E-state index in [-0.39, 0.29) is 0 Å². The third-order valence-corrected chi connectivity index (χ3v) is 3.52. The fourth-order valence-corrected chi connectivity index (χ4v) is 2.66. The summed E-state index contributed by atoms with van der Waals surface area (Å²) in [4.78, 5) is 2.19. The molecule has 2 heteroatoms. The molecule has 1 heterocycles. The Kier molecular flexibility index (Phi) is 2.57. The van der Waals surface area contributed by atoms with Gasteiger partial charge in [-0.3, -0.25) is 0 Å². The third kappa shape index (κ3) is 1.68. The van der Waals surface area contributed by atoms with Gasteiger partial charge < -0.3 is 10.0 Å². The molecule has 0 aromatic heterocycles. The molecule has 1 aliphatic heterocycles. The normalized spacial score (nSPS) is 32.1. The van der Waals surface area contributed by atoms with E-state index in [0.29, 0.717) is 5.92 Å². The first kappa shape index (κ1) is 10.7. The van der Waals surface area contributed by atoms with Gasteiger partial charge in [0.25, 0.3) is 0 Å². The van der Waals surface area contributed by atoms with Crippen LogP contribution in [0.5, 0.6) is 0 Å². The first-order valence-electron chi connectivity index (χ1n) is 5.51. The lowest BCUT2D eigenvalue weighted by Gasteiger charge is -2.29. The molecule has 2 atom stereocenters. The zero-order chi connectivity index (χ0) is 11.1. The summed E-state index contributed by atoms with van der Waals surface area (Å²) in [5.41, 5.74) is 1.60. The Labute approximate surface area is 91.5 Å². The second-order valence-corrected chi connectivity index (χ2v) is 4.84. The number of likely N-dealkylation sites (N-methyl/N-ethyl adjacent to an activating group) is 1. The van der Waals surface area contributed by atoms with Crippen LogP contribution in [0.3, 0.4) is 0 Å². The number of hydrogen-bond donors (Lipinski definition) is 1. The lowest BCUT2D eigenvalue weighted by atomic mass is 9.83. The van der Waals surface area contributed by atoms with Crippen molar-refractivity contribution in [1.82, 2.24) is 4.90 Å². The van der Waals surface area contributed by atoms with Crippen LogP contribution in [0.25, 0.3) is 0 Å². The molecular weight excluding hydrogens is 186 g/mol. The molecule has 0 aliphatic carbocycles. The van der Waals surface area contributed by atoms with Gasteiger partial charge in [0.15, 0.2) is 0 Å². The Hall–Kier alpha value is -0.860. The number of rotatable bonds is 1. The van der Waals surface area contributed by atoms with Crippen molar-refractivity contribution in [2.24, 2.45) is 5.92 Å². The van der Waals surface area contributed by atoms with E-state index < -0.39 is 5.60 Å². The molecule has 15 heavy (non-hydrogen) atoms. The standard InChI is InChI=1S/C13H19NO/c1-10-6-4-5-7-12(10)13(15)9-14(3)8-11(13)2/h4-7,11,15H,8-9H2,1-3H3/t11-,13+/m1/s1. The van der Waals surface area contributed by atoms with Crippen molar-refractivity contribution in [3.8, 4) is 0 Å². The van der Waals surface area contributed by atoms with Crippen LogP contribution < -0.4 is 0 Å². The second-order valence-electron chi connectivity index (χ2n) is 4.84. The van der Waals surface area contributed by atoms with Crippen LogP contribution in [0.4, 0.5) is 0 Å². The van der Waals surface area contributed by atoms with Gasteiger partial charge in [0.1, 0.15) is 5.60 Å². The Bertz CT molecular complexity index is 363. The average Bonchev–Trinajstić information content (AvgIpc) is 2.42. The van der Waals surface area contributed by atoms with E-state index in [1.54, 1.807) is 0 Å². The Morgan fingerprint density at radius 3 is 2.60 bits per heavy atom. The van der Waals surface area contributed by atoms with Crippen molar-refractivity contribution in [3.05, 3.63) is 35.4 Å². The Morgan fingerprint density at radius 2 is 2.07 bits per heavy atom. The van der Waals surface area contributed by atoms with Crippen LogP contribution in [-0.4, -0.2) is 30.1 Å². The van der Waals surface area contributed by atoms with Gasteiger partial charge in [-0.1, -0.05) is 31.2 Å². The van der Waals surface area contributed by atoms with Crippen molar-refractivity contribution in [1.29, 1.82) is 0 Å². The summed E-state index contributed by atoms with van der Waals surface area (Å²) in [5, 5.41) is 10.7. The molecule has 0 amide bonds. The van der Waals surface area contributed by atoms with Crippen LogP contribution in [0, 0.1) is 12.8 Å². The van der Waals surface area contributed by atoms with Gasteiger partial charge in [-0.15, -0.1) is 0 Å². The van der Waals surface area contributed by atoms with Gasteiger partial charge in [-0.2, -0.15) is 0 Å². The summed E-state index contributed by atoms with van der Waals surface area (Å²) in [6, 6.07) is 8.14. The largest absolute Gasteiger partial charge is 0.383 e. The molecule has 0 radical (unpaired) electrons. The first-order valence-corrected chi connectivity index (χ1v) is 5.51. The summed E-state index contributed by atoms with van der Waals surface area (Å²) >= 11 is 0.